The van der Waals surface area contributed by atoms with Crippen LogP contribution in [0.4, 0.5) is 4.79 Å². The quantitative estimate of drug-likeness (QED) is 0.668. The number of aliphatic hydroxyl groups excluding tert-OH is 1. The molecule has 1 unspecified atom stereocenters. The molecule has 0 aromatic carbocycles. The molecule has 0 aromatic rings. The van der Waals surface area contributed by atoms with Crippen molar-refractivity contribution < 1.29 is 14.6 Å². The molecule has 1 amide bonds. The number of hydrogen-bond acceptors (Lipinski definition) is 3. The van der Waals surface area contributed by atoms with Crippen LogP contribution in [-0.4, -0.2) is 23.4 Å². The highest BCUT2D eigenvalue weighted by molar-refractivity contribution is 5.65. The first-order valence-electron chi connectivity index (χ1n) is 8.44. The van der Waals surface area contributed by atoms with Crippen LogP contribution in [0, 0.1) is 17.8 Å². The minimum Gasteiger partial charge on any atom is -0.443 e. The molecule has 0 radical (unpaired) electrons. The highest BCUT2D eigenvalue weighted by Gasteiger charge is 2.32. The Labute approximate surface area is 129 Å². The fourth-order valence-electron chi connectivity index (χ4n) is 3.44. The zero-order valence-corrected chi connectivity index (χ0v) is 13.9. The molecule has 0 saturated heterocycles. The lowest BCUT2D eigenvalue weighted by Crippen LogP contribution is -2.38. The van der Waals surface area contributed by atoms with E-state index in [-0.39, 0.29) is 0 Å². The normalized spacial score (nSPS) is 24.6. The lowest BCUT2D eigenvalue weighted by Gasteiger charge is -2.35. The van der Waals surface area contributed by atoms with Gasteiger partial charge in [-0.15, -0.1) is 0 Å². The topological polar surface area (TPSA) is 72.6 Å². The molecule has 0 aliphatic heterocycles. The predicted molar refractivity (Wildman–Crippen MR) is 84.9 cm³/mol. The molecule has 1 aliphatic rings. The number of carbonyl (C=O) groups excluding carboxylic acids is 1. The molecule has 3 N–H and O–H groups in total. The Morgan fingerprint density at radius 3 is 2.33 bits per heavy atom. The first-order chi connectivity index (χ1) is 9.85. The molecule has 0 heterocycles. The van der Waals surface area contributed by atoms with Gasteiger partial charge in [-0.05, 0) is 44.4 Å². The average molecular weight is 299 g/mol. The van der Waals surface area contributed by atoms with Gasteiger partial charge in [-0.1, -0.05) is 45.4 Å². The standard InChI is InChI=1S/C17H33NO3/c1-13(17(2,3)21-16(18)20)12-15-9-7-14(8-10-15)6-4-5-11-19/h13-15,19H,4-12H2,1-3H3,(H2,18,20)/t13?,14-,15-. The first-order valence-corrected chi connectivity index (χ1v) is 8.44. The van der Waals surface area contributed by atoms with Crippen molar-refractivity contribution in [3.8, 4) is 0 Å². The van der Waals surface area contributed by atoms with Crippen LogP contribution in [0.1, 0.15) is 72.1 Å². The van der Waals surface area contributed by atoms with E-state index >= 15 is 0 Å². The summed E-state index contributed by atoms with van der Waals surface area (Å²) in [4.78, 5) is 11.0. The van der Waals surface area contributed by atoms with E-state index < -0.39 is 11.7 Å². The van der Waals surface area contributed by atoms with Crippen LogP contribution in [0.3, 0.4) is 0 Å². The third kappa shape index (κ3) is 6.68. The first kappa shape index (κ1) is 18.3. The van der Waals surface area contributed by atoms with Gasteiger partial charge in [0.25, 0.3) is 0 Å². The van der Waals surface area contributed by atoms with Crippen molar-refractivity contribution in [1.29, 1.82) is 0 Å². The molecule has 0 aromatic heterocycles. The van der Waals surface area contributed by atoms with Crippen LogP contribution in [-0.2, 0) is 4.74 Å². The Morgan fingerprint density at radius 2 is 1.81 bits per heavy atom. The van der Waals surface area contributed by atoms with E-state index in [1.54, 1.807) is 0 Å². The third-order valence-corrected chi connectivity index (χ3v) is 5.22. The average Bonchev–Trinajstić information content (AvgIpc) is 2.39. The molecular formula is C17H33NO3. The van der Waals surface area contributed by atoms with Crippen LogP contribution in [0.2, 0.25) is 0 Å². The summed E-state index contributed by atoms with van der Waals surface area (Å²) >= 11 is 0. The van der Waals surface area contributed by atoms with E-state index in [9.17, 15) is 4.79 Å². The molecule has 1 aliphatic carbocycles. The molecule has 1 atom stereocenters. The number of carbonyl (C=O) groups is 1. The van der Waals surface area contributed by atoms with Crippen molar-refractivity contribution >= 4 is 6.09 Å². The van der Waals surface area contributed by atoms with Crippen molar-refractivity contribution in [3.63, 3.8) is 0 Å². The summed E-state index contributed by atoms with van der Waals surface area (Å²) in [6.45, 7) is 6.37. The molecule has 1 saturated carbocycles. The Kier molecular flexibility index (Phi) is 7.50. The zero-order chi connectivity index (χ0) is 15.9. The van der Waals surface area contributed by atoms with Crippen LogP contribution in [0.5, 0.6) is 0 Å². The van der Waals surface area contributed by atoms with E-state index in [1.807, 2.05) is 13.8 Å². The fourth-order valence-corrected chi connectivity index (χ4v) is 3.44. The molecule has 0 spiro atoms. The SMILES string of the molecule is CC(C[C@H]1CC[C@H](CCCCO)CC1)C(C)(C)OC(N)=O. The lowest BCUT2D eigenvalue weighted by atomic mass is 9.74. The minimum absolute atomic E-state index is 0.320. The largest absolute Gasteiger partial charge is 0.443 e. The summed E-state index contributed by atoms with van der Waals surface area (Å²) in [6, 6.07) is 0. The minimum atomic E-state index is -0.681. The maximum atomic E-state index is 11.0. The highest BCUT2D eigenvalue weighted by Crippen LogP contribution is 2.37. The third-order valence-electron chi connectivity index (χ3n) is 5.22. The Hall–Kier alpha value is -0.770. The summed E-state index contributed by atoms with van der Waals surface area (Å²) < 4.78 is 5.24. The number of ether oxygens (including phenoxy) is 1. The smallest absolute Gasteiger partial charge is 0.405 e. The van der Waals surface area contributed by atoms with E-state index in [1.165, 1.54) is 32.1 Å². The Morgan fingerprint density at radius 1 is 1.24 bits per heavy atom. The highest BCUT2D eigenvalue weighted by atomic mass is 16.6. The Balaban J connectivity index is 2.30. The molecule has 4 nitrogen and oxygen atoms in total. The molecule has 4 heteroatoms. The lowest BCUT2D eigenvalue weighted by molar-refractivity contribution is -0.00591. The van der Waals surface area contributed by atoms with Gasteiger partial charge < -0.3 is 15.6 Å². The number of primary amides is 1. The van der Waals surface area contributed by atoms with Gasteiger partial charge in [0.15, 0.2) is 0 Å². The molecule has 1 fully saturated rings. The summed E-state index contributed by atoms with van der Waals surface area (Å²) in [5, 5.41) is 8.83. The van der Waals surface area contributed by atoms with Crippen molar-refractivity contribution in [3.05, 3.63) is 0 Å². The van der Waals surface area contributed by atoms with Gasteiger partial charge in [-0.25, -0.2) is 4.79 Å². The summed E-state index contributed by atoms with van der Waals surface area (Å²) in [5.41, 5.74) is 4.66. The van der Waals surface area contributed by atoms with E-state index in [2.05, 4.69) is 6.92 Å². The fraction of sp³-hybridized carbons (Fsp3) is 0.941. The van der Waals surface area contributed by atoms with Gasteiger partial charge in [0.05, 0.1) is 0 Å². The van der Waals surface area contributed by atoms with Crippen molar-refractivity contribution in [1.82, 2.24) is 0 Å². The van der Waals surface area contributed by atoms with Gasteiger partial charge in [0.1, 0.15) is 5.60 Å². The van der Waals surface area contributed by atoms with Crippen LogP contribution >= 0.6 is 0 Å². The maximum Gasteiger partial charge on any atom is 0.405 e. The number of hydrogen-bond donors (Lipinski definition) is 2. The predicted octanol–water partition coefficient (Wildman–Crippen LogP) is 3.86. The molecule has 21 heavy (non-hydrogen) atoms. The van der Waals surface area contributed by atoms with Crippen molar-refractivity contribution in [2.75, 3.05) is 6.61 Å². The van der Waals surface area contributed by atoms with Crippen LogP contribution < -0.4 is 5.73 Å². The van der Waals surface area contributed by atoms with Gasteiger partial charge >= 0.3 is 6.09 Å². The summed E-state index contributed by atoms with van der Waals surface area (Å²) in [5.74, 6) is 1.91. The maximum absolute atomic E-state index is 11.0. The summed E-state index contributed by atoms with van der Waals surface area (Å²) in [7, 11) is 0. The molecular weight excluding hydrogens is 266 g/mol. The number of amides is 1. The number of unbranched alkanes of at least 4 members (excludes halogenated alkanes) is 1. The number of rotatable bonds is 8. The van der Waals surface area contributed by atoms with Gasteiger partial charge in [-0.3, -0.25) is 0 Å². The Bertz CT molecular complexity index is 309. The number of nitrogens with two attached hydrogens (primary N) is 1. The molecule has 124 valence electrons. The second kappa shape index (κ2) is 8.62. The second-order valence-corrected chi connectivity index (χ2v) is 7.27. The zero-order valence-electron chi connectivity index (χ0n) is 13.9. The van der Waals surface area contributed by atoms with E-state index in [0.29, 0.717) is 12.5 Å². The monoisotopic (exact) mass is 299 g/mol. The van der Waals surface area contributed by atoms with E-state index in [0.717, 1.165) is 31.1 Å². The molecule has 0 bridgehead atoms. The van der Waals surface area contributed by atoms with Gasteiger partial charge in [0.2, 0.25) is 0 Å². The van der Waals surface area contributed by atoms with Crippen LogP contribution in [0.15, 0.2) is 0 Å². The van der Waals surface area contributed by atoms with Crippen molar-refractivity contribution in [2.24, 2.45) is 23.5 Å². The summed E-state index contributed by atoms with van der Waals surface area (Å²) in [6.07, 6.45) is 8.95. The number of aliphatic hydroxyl groups is 1. The van der Waals surface area contributed by atoms with Gasteiger partial charge in [0, 0.05) is 6.61 Å². The van der Waals surface area contributed by atoms with Crippen LogP contribution in [0.25, 0.3) is 0 Å². The second-order valence-electron chi connectivity index (χ2n) is 7.27. The van der Waals surface area contributed by atoms with E-state index in [4.69, 9.17) is 15.6 Å². The van der Waals surface area contributed by atoms with Gasteiger partial charge in [-0.2, -0.15) is 0 Å². The van der Waals surface area contributed by atoms with Crippen molar-refractivity contribution in [2.45, 2.75) is 77.7 Å². The molecule has 1 rings (SSSR count).